The summed E-state index contributed by atoms with van der Waals surface area (Å²) in [5.41, 5.74) is 1.74. The Morgan fingerprint density at radius 3 is 2.22 bits per heavy atom. The average Bonchev–Trinajstić information content (AvgIpc) is 2.83. The summed E-state index contributed by atoms with van der Waals surface area (Å²) in [6.07, 6.45) is 5.12. The molecule has 1 fully saturated rings. The Bertz CT molecular complexity index is 895. The van der Waals surface area contributed by atoms with Crippen molar-refractivity contribution in [1.29, 1.82) is 0 Å². The van der Waals surface area contributed by atoms with Gasteiger partial charge in [-0.15, -0.1) is 0 Å². The van der Waals surface area contributed by atoms with Crippen LogP contribution in [0, 0.1) is 11.7 Å². The van der Waals surface area contributed by atoms with E-state index in [9.17, 15) is 9.18 Å². The van der Waals surface area contributed by atoms with Crippen molar-refractivity contribution in [2.75, 3.05) is 41.0 Å². The van der Waals surface area contributed by atoms with Gasteiger partial charge in [-0.3, -0.25) is 4.79 Å². The highest BCUT2D eigenvalue weighted by Crippen LogP contribution is 2.38. The number of carbonyl (C=O) groups is 1. The summed E-state index contributed by atoms with van der Waals surface area (Å²) < 4.78 is 34.8. The topological polar surface area (TPSA) is 57.2 Å². The normalized spacial score (nSPS) is 14.6. The number of hydrogen-bond acceptors (Lipinski definition) is 5. The second kappa shape index (κ2) is 11.5. The third kappa shape index (κ3) is 6.23. The molecule has 0 saturated carbocycles. The van der Waals surface area contributed by atoms with E-state index in [1.165, 1.54) is 12.1 Å². The number of halogens is 1. The maximum Gasteiger partial charge on any atom is 0.246 e. The molecular weight excluding hydrogens is 413 g/mol. The molecule has 32 heavy (non-hydrogen) atoms. The molecule has 172 valence electrons. The molecule has 0 spiro atoms. The molecule has 0 aliphatic carbocycles. The van der Waals surface area contributed by atoms with E-state index < -0.39 is 0 Å². The zero-order valence-corrected chi connectivity index (χ0v) is 18.8. The lowest BCUT2D eigenvalue weighted by molar-refractivity contribution is -0.127. The Kier molecular flexibility index (Phi) is 8.50. The average molecular weight is 444 g/mol. The predicted molar refractivity (Wildman–Crippen MR) is 120 cm³/mol. The first-order chi connectivity index (χ1) is 15.5. The Morgan fingerprint density at radius 1 is 1.03 bits per heavy atom. The highest BCUT2D eigenvalue weighted by Gasteiger charge is 2.22. The second-order valence-corrected chi connectivity index (χ2v) is 7.70. The molecule has 1 aliphatic rings. The fourth-order valence-corrected chi connectivity index (χ4v) is 3.71. The smallest absolute Gasteiger partial charge is 0.246 e. The molecule has 1 saturated heterocycles. The van der Waals surface area contributed by atoms with Crippen LogP contribution in [0.25, 0.3) is 6.08 Å². The number of benzene rings is 2. The molecule has 0 bridgehead atoms. The number of nitrogens with zero attached hydrogens (tertiary/aromatic N) is 1. The van der Waals surface area contributed by atoms with E-state index in [4.69, 9.17) is 18.9 Å². The zero-order valence-electron chi connectivity index (χ0n) is 18.8. The third-order valence-corrected chi connectivity index (χ3v) is 5.57. The highest BCUT2D eigenvalue weighted by molar-refractivity contribution is 5.92. The van der Waals surface area contributed by atoms with Crippen LogP contribution in [0.15, 0.2) is 42.5 Å². The molecule has 7 heteroatoms. The van der Waals surface area contributed by atoms with Crippen LogP contribution in [0.3, 0.4) is 0 Å². The number of hydrogen-bond donors (Lipinski definition) is 0. The van der Waals surface area contributed by atoms with Crippen LogP contribution >= 0.6 is 0 Å². The number of ether oxygens (including phenoxy) is 4. The zero-order chi connectivity index (χ0) is 22.9. The van der Waals surface area contributed by atoms with E-state index in [1.807, 2.05) is 4.90 Å². The molecule has 2 aromatic carbocycles. The lowest BCUT2D eigenvalue weighted by Gasteiger charge is -2.31. The number of methoxy groups -OCH3 is 3. The van der Waals surface area contributed by atoms with Gasteiger partial charge in [-0.25, -0.2) is 4.39 Å². The van der Waals surface area contributed by atoms with Crippen LogP contribution < -0.4 is 14.2 Å². The minimum atomic E-state index is -0.245. The lowest BCUT2D eigenvalue weighted by atomic mass is 9.97. The molecule has 0 radical (unpaired) electrons. The maximum absolute atomic E-state index is 13.0. The van der Waals surface area contributed by atoms with E-state index in [-0.39, 0.29) is 11.7 Å². The van der Waals surface area contributed by atoms with E-state index in [2.05, 4.69) is 0 Å². The molecule has 0 N–H and O–H groups in total. The van der Waals surface area contributed by atoms with Gasteiger partial charge in [0.15, 0.2) is 11.5 Å². The van der Waals surface area contributed by atoms with Crippen molar-refractivity contribution in [2.45, 2.75) is 19.4 Å². The number of piperidine rings is 1. The summed E-state index contributed by atoms with van der Waals surface area (Å²) in [5.74, 6) is 1.75. The molecule has 0 atom stereocenters. The Labute approximate surface area is 188 Å². The SMILES string of the molecule is COc1cc(C=CC(=O)N2CCC(COCc3ccc(F)cc3)CC2)cc(OC)c1OC. The molecule has 3 rings (SSSR count). The summed E-state index contributed by atoms with van der Waals surface area (Å²) in [6, 6.07) is 9.95. The molecule has 1 amide bonds. The molecule has 2 aromatic rings. The van der Waals surface area contributed by atoms with Crippen molar-refractivity contribution in [3.05, 3.63) is 59.4 Å². The summed E-state index contributed by atoms with van der Waals surface area (Å²) in [7, 11) is 4.67. The van der Waals surface area contributed by atoms with Gasteiger partial charge in [0.2, 0.25) is 11.7 Å². The monoisotopic (exact) mass is 443 g/mol. The van der Waals surface area contributed by atoms with Gasteiger partial charge in [-0.2, -0.15) is 0 Å². The first kappa shape index (κ1) is 23.6. The molecule has 0 aromatic heterocycles. The number of carbonyl (C=O) groups excluding carboxylic acids is 1. The van der Waals surface area contributed by atoms with Gasteiger partial charge < -0.3 is 23.8 Å². The van der Waals surface area contributed by atoms with Crippen LogP contribution in [0.2, 0.25) is 0 Å². The standard InChI is InChI=1S/C25H30FNO5/c1-29-22-14-20(15-23(30-2)25(22)31-3)6-9-24(28)27-12-10-19(11-13-27)17-32-16-18-4-7-21(26)8-5-18/h4-9,14-15,19H,10-13,16-17H2,1-3H3. The van der Waals surface area contributed by atoms with Crippen LogP contribution in [0.4, 0.5) is 4.39 Å². The fourth-order valence-electron chi connectivity index (χ4n) is 3.71. The summed E-state index contributed by atoms with van der Waals surface area (Å²) in [5, 5.41) is 0. The molecule has 1 aliphatic heterocycles. The molecule has 1 heterocycles. The molecule has 0 unspecified atom stereocenters. The van der Waals surface area contributed by atoms with Gasteiger partial charge in [0, 0.05) is 25.8 Å². The summed E-state index contributed by atoms with van der Waals surface area (Å²) in [6.45, 7) is 2.50. The van der Waals surface area contributed by atoms with Crippen LogP contribution in [0.5, 0.6) is 17.2 Å². The lowest BCUT2D eigenvalue weighted by Crippen LogP contribution is -2.38. The Hall–Kier alpha value is -3.06. The van der Waals surface area contributed by atoms with Crippen molar-refractivity contribution in [3.8, 4) is 17.2 Å². The van der Waals surface area contributed by atoms with Gasteiger partial charge in [0.25, 0.3) is 0 Å². The fraction of sp³-hybridized carbons (Fsp3) is 0.400. The van der Waals surface area contributed by atoms with Crippen LogP contribution in [-0.2, 0) is 16.1 Å². The number of likely N-dealkylation sites (tertiary alicyclic amines) is 1. The highest BCUT2D eigenvalue weighted by atomic mass is 19.1. The maximum atomic E-state index is 13.0. The Balaban J connectivity index is 1.48. The van der Waals surface area contributed by atoms with Crippen LogP contribution in [-0.4, -0.2) is 51.8 Å². The second-order valence-electron chi connectivity index (χ2n) is 7.70. The molecule has 6 nitrogen and oxygen atoms in total. The van der Waals surface area contributed by atoms with Crippen molar-refractivity contribution >= 4 is 12.0 Å². The van der Waals surface area contributed by atoms with E-state index >= 15 is 0 Å². The minimum absolute atomic E-state index is 0.0237. The van der Waals surface area contributed by atoms with E-state index in [0.29, 0.717) is 49.5 Å². The van der Waals surface area contributed by atoms with Gasteiger partial charge in [0.05, 0.1) is 27.9 Å². The number of amides is 1. The summed E-state index contributed by atoms with van der Waals surface area (Å²) >= 11 is 0. The van der Waals surface area contributed by atoms with Crippen molar-refractivity contribution in [3.63, 3.8) is 0 Å². The van der Waals surface area contributed by atoms with Gasteiger partial charge in [-0.05, 0) is 60.2 Å². The van der Waals surface area contributed by atoms with Gasteiger partial charge in [0.1, 0.15) is 5.82 Å². The largest absolute Gasteiger partial charge is 0.493 e. The number of rotatable bonds is 9. The minimum Gasteiger partial charge on any atom is -0.493 e. The van der Waals surface area contributed by atoms with Gasteiger partial charge >= 0.3 is 0 Å². The van der Waals surface area contributed by atoms with Crippen LogP contribution in [0.1, 0.15) is 24.0 Å². The third-order valence-electron chi connectivity index (χ3n) is 5.57. The first-order valence-electron chi connectivity index (χ1n) is 10.6. The molecular formula is C25H30FNO5. The van der Waals surface area contributed by atoms with Crippen molar-refractivity contribution in [2.24, 2.45) is 5.92 Å². The quantitative estimate of drug-likeness (QED) is 0.541. The Morgan fingerprint density at radius 2 is 1.66 bits per heavy atom. The first-order valence-corrected chi connectivity index (χ1v) is 10.6. The van der Waals surface area contributed by atoms with E-state index in [0.717, 1.165) is 24.0 Å². The van der Waals surface area contributed by atoms with Crippen molar-refractivity contribution < 1.29 is 28.1 Å². The predicted octanol–water partition coefficient (Wildman–Crippen LogP) is 4.32. The van der Waals surface area contributed by atoms with Gasteiger partial charge in [-0.1, -0.05) is 12.1 Å². The van der Waals surface area contributed by atoms with E-state index in [1.54, 1.807) is 57.7 Å². The summed E-state index contributed by atoms with van der Waals surface area (Å²) in [4.78, 5) is 14.5. The van der Waals surface area contributed by atoms with Crippen molar-refractivity contribution in [1.82, 2.24) is 4.90 Å².